The second-order valence-electron chi connectivity index (χ2n) is 7.29. The standard InChI is InChI=1S/C15H31N3/c1-13-11-14(2,3)7-8-15(13,12-16)17-18-9-5-4-6-10-18/h13,17H,4-12,16H2,1-3H3. The Labute approximate surface area is 112 Å². The van der Waals surface area contributed by atoms with Gasteiger partial charge in [-0.15, -0.1) is 0 Å². The molecule has 2 unspecified atom stereocenters. The maximum atomic E-state index is 6.15. The van der Waals surface area contributed by atoms with Gasteiger partial charge in [-0.2, -0.15) is 0 Å². The minimum Gasteiger partial charge on any atom is -0.329 e. The molecule has 1 saturated carbocycles. The van der Waals surface area contributed by atoms with Crippen LogP contribution in [-0.2, 0) is 0 Å². The van der Waals surface area contributed by atoms with Crippen LogP contribution in [0.1, 0.15) is 59.3 Å². The highest BCUT2D eigenvalue weighted by atomic mass is 15.5. The Balaban J connectivity index is 2.01. The van der Waals surface area contributed by atoms with E-state index >= 15 is 0 Å². The van der Waals surface area contributed by atoms with E-state index in [1.165, 1.54) is 51.6 Å². The van der Waals surface area contributed by atoms with Crippen molar-refractivity contribution >= 4 is 0 Å². The van der Waals surface area contributed by atoms with Gasteiger partial charge in [0.1, 0.15) is 0 Å². The van der Waals surface area contributed by atoms with Gasteiger partial charge in [-0.1, -0.05) is 27.2 Å². The van der Waals surface area contributed by atoms with Crippen molar-refractivity contribution in [2.24, 2.45) is 17.1 Å². The Morgan fingerprint density at radius 3 is 2.39 bits per heavy atom. The molecule has 3 N–H and O–H groups in total. The third-order valence-corrected chi connectivity index (χ3v) is 5.15. The molecule has 0 radical (unpaired) electrons. The van der Waals surface area contributed by atoms with Gasteiger partial charge in [-0.3, -0.25) is 0 Å². The molecule has 2 atom stereocenters. The first-order valence-electron chi connectivity index (χ1n) is 7.70. The van der Waals surface area contributed by atoms with Crippen LogP contribution in [0, 0.1) is 11.3 Å². The summed E-state index contributed by atoms with van der Waals surface area (Å²) in [5.74, 6) is 0.660. The molecule has 1 heterocycles. The first-order chi connectivity index (χ1) is 8.47. The number of hydrogen-bond donors (Lipinski definition) is 2. The van der Waals surface area contributed by atoms with Crippen molar-refractivity contribution in [1.29, 1.82) is 0 Å². The molecule has 0 spiro atoms. The smallest absolute Gasteiger partial charge is 0.0473 e. The summed E-state index contributed by atoms with van der Waals surface area (Å²) in [5, 5.41) is 2.44. The van der Waals surface area contributed by atoms with E-state index in [0.29, 0.717) is 11.3 Å². The van der Waals surface area contributed by atoms with E-state index in [0.717, 1.165) is 6.54 Å². The van der Waals surface area contributed by atoms with Crippen LogP contribution in [0.15, 0.2) is 0 Å². The zero-order valence-electron chi connectivity index (χ0n) is 12.5. The molecule has 2 fully saturated rings. The Kier molecular flexibility index (Phi) is 4.35. The van der Waals surface area contributed by atoms with E-state index in [-0.39, 0.29) is 5.54 Å². The van der Waals surface area contributed by atoms with Gasteiger partial charge in [0.2, 0.25) is 0 Å². The Morgan fingerprint density at radius 2 is 1.83 bits per heavy atom. The molecule has 1 aliphatic heterocycles. The van der Waals surface area contributed by atoms with E-state index in [1.807, 2.05) is 0 Å². The normalized spacial score (nSPS) is 37.7. The molecule has 106 valence electrons. The molecule has 18 heavy (non-hydrogen) atoms. The van der Waals surface area contributed by atoms with Gasteiger partial charge in [0.05, 0.1) is 0 Å². The van der Waals surface area contributed by atoms with E-state index < -0.39 is 0 Å². The number of nitrogens with zero attached hydrogens (tertiary/aromatic N) is 1. The summed E-state index contributed by atoms with van der Waals surface area (Å²) in [6.45, 7) is 10.3. The van der Waals surface area contributed by atoms with Crippen molar-refractivity contribution in [1.82, 2.24) is 10.4 Å². The molecule has 1 saturated heterocycles. The molecule has 0 bridgehead atoms. The number of piperidine rings is 1. The predicted molar refractivity (Wildman–Crippen MR) is 77.1 cm³/mol. The molecule has 0 aromatic carbocycles. The van der Waals surface area contributed by atoms with Gasteiger partial charge < -0.3 is 5.73 Å². The topological polar surface area (TPSA) is 41.3 Å². The minimum absolute atomic E-state index is 0.146. The van der Waals surface area contributed by atoms with Gasteiger partial charge in [0.15, 0.2) is 0 Å². The van der Waals surface area contributed by atoms with Crippen molar-refractivity contribution in [2.45, 2.75) is 64.8 Å². The fourth-order valence-corrected chi connectivity index (χ4v) is 3.77. The van der Waals surface area contributed by atoms with Gasteiger partial charge in [-0.05, 0) is 43.4 Å². The minimum atomic E-state index is 0.146. The largest absolute Gasteiger partial charge is 0.329 e. The summed E-state index contributed by atoms with van der Waals surface area (Å²) >= 11 is 0. The fraction of sp³-hybridized carbons (Fsp3) is 1.00. The number of hydrogen-bond acceptors (Lipinski definition) is 3. The summed E-state index contributed by atoms with van der Waals surface area (Å²) < 4.78 is 0. The van der Waals surface area contributed by atoms with Crippen molar-refractivity contribution in [3.05, 3.63) is 0 Å². The van der Waals surface area contributed by atoms with Crippen LogP contribution in [0.4, 0.5) is 0 Å². The second kappa shape index (κ2) is 5.48. The fourth-order valence-electron chi connectivity index (χ4n) is 3.77. The summed E-state index contributed by atoms with van der Waals surface area (Å²) in [4.78, 5) is 0. The van der Waals surface area contributed by atoms with Crippen LogP contribution in [0.5, 0.6) is 0 Å². The van der Waals surface area contributed by atoms with Gasteiger partial charge >= 0.3 is 0 Å². The van der Waals surface area contributed by atoms with Crippen molar-refractivity contribution in [2.75, 3.05) is 19.6 Å². The Morgan fingerprint density at radius 1 is 1.17 bits per heavy atom. The monoisotopic (exact) mass is 253 g/mol. The van der Waals surface area contributed by atoms with Crippen molar-refractivity contribution < 1.29 is 0 Å². The van der Waals surface area contributed by atoms with Crippen molar-refractivity contribution in [3.63, 3.8) is 0 Å². The summed E-state index contributed by atoms with van der Waals surface area (Å²) in [5.41, 5.74) is 10.6. The van der Waals surface area contributed by atoms with Crippen LogP contribution >= 0.6 is 0 Å². The van der Waals surface area contributed by atoms with E-state index in [4.69, 9.17) is 5.73 Å². The van der Waals surface area contributed by atoms with Crippen LogP contribution in [0.3, 0.4) is 0 Å². The predicted octanol–water partition coefficient (Wildman–Crippen LogP) is 2.52. The van der Waals surface area contributed by atoms with Crippen LogP contribution in [0.2, 0.25) is 0 Å². The number of hydrazine groups is 1. The molecule has 3 heteroatoms. The molecule has 2 rings (SSSR count). The maximum absolute atomic E-state index is 6.15. The lowest BCUT2D eigenvalue weighted by Gasteiger charge is -2.51. The van der Waals surface area contributed by atoms with E-state index in [1.54, 1.807) is 0 Å². The molecular weight excluding hydrogens is 222 g/mol. The zero-order chi connectivity index (χ0) is 13.2. The number of nitrogens with one attached hydrogen (secondary N) is 1. The maximum Gasteiger partial charge on any atom is 0.0473 e. The lowest BCUT2D eigenvalue weighted by Crippen LogP contribution is -2.64. The van der Waals surface area contributed by atoms with Crippen LogP contribution < -0.4 is 11.2 Å². The van der Waals surface area contributed by atoms with E-state index in [2.05, 4.69) is 31.2 Å². The summed E-state index contributed by atoms with van der Waals surface area (Å²) in [6.07, 6.45) is 7.83. The second-order valence-corrected chi connectivity index (χ2v) is 7.29. The highest BCUT2D eigenvalue weighted by Crippen LogP contribution is 2.43. The average molecular weight is 253 g/mol. The summed E-state index contributed by atoms with van der Waals surface area (Å²) in [7, 11) is 0. The van der Waals surface area contributed by atoms with Gasteiger partial charge in [0, 0.05) is 25.2 Å². The highest BCUT2D eigenvalue weighted by Gasteiger charge is 2.43. The lowest BCUT2D eigenvalue weighted by molar-refractivity contribution is 0.00145. The molecule has 0 aromatic rings. The average Bonchev–Trinajstić information content (AvgIpc) is 2.34. The molecular formula is C15H31N3. The van der Waals surface area contributed by atoms with E-state index in [9.17, 15) is 0 Å². The Bertz CT molecular complexity index is 271. The first-order valence-corrected chi connectivity index (χ1v) is 7.70. The SMILES string of the molecule is CC1CC(C)(C)CCC1(CN)NN1CCCCC1. The zero-order valence-corrected chi connectivity index (χ0v) is 12.5. The quantitative estimate of drug-likeness (QED) is 0.812. The lowest BCUT2D eigenvalue weighted by atomic mass is 9.64. The van der Waals surface area contributed by atoms with Gasteiger partial charge in [0.25, 0.3) is 0 Å². The third-order valence-electron chi connectivity index (χ3n) is 5.15. The number of rotatable bonds is 3. The van der Waals surface area contributed by atoms with Gasteiger partial charge in [-0.25, -0.2) is 10.4 Å². The van der Waals surface area contributed by atoms with Crippen LogP contribution in [0.25, 0.3) is 0 Å². The molecule has 2 aliphatic rings. The third kappa shape index (κ3) is 3.06. The summed E-state index contributed by atoms with van der Waals surface area (Å²) in [6, 6.07) is 0. The molecule has 3 nitrogen and oxygen atoms in total. The van der Waals surface area contributed by atoms with Crippen LogP contribution in [-0.4, -0.2) is 30.2 Å². The molecule has 0 amide bonds. The Hall–Kier alpha value is -0.120. The first kappa shape index (κ1) is 14.3. The van der Waals surface area contributed by atoms with Crippen molar-refractivity contribution in [3.8, 4) is 0 Å². The highest BCUT2D eigenvalue weighted by molar-refractivity contribution is 5.00. The molecule has 1 aliphatic carbocycles. The number of nitrogens with two attached hydrogens (primary N) is 1. The molecule has 0 aromatic heterocycles.